The van der Waals surface area contributed by atoms with Crippen LogP contribution in [0.2, 0.25) is 0 Å². The molecule has 6 unspecified atom stereocenters. The van der Waals surface area contributed by atoms with E-state index in [1.54, 1.807) is 13.8 Å². The molecule has 8 heteroatoms. The van der Waals surface area contributed by atoms with E-state index in [1.807, 2.05) is 39.2 Å². The highest BCUT2D eigenvalue weighted by molar-refractivity contribution is 7.09. The van der Waals surface area contributed by atoms with Gasteiger partial charge in [0.05, 0.1) is 16.7 Å². The van der Waals surface area contributed by atoms with Crippen LogP contribution in [-0.4, -0.2) is 50.4 Å². The van der Waals surface area contributed by atoms with Crippen molar-refractivity contribution in [3.63, 3.8) is 0 Å². The van der Waals surface area contributed by atoms with Crippen molar-refractivity contribution in [1.29, 1.82) is 0 Å². The number of ketones is 1. The van der Waals surface area contributed by atoms with Crippen LogP contribution in [0.1, 0.15) is 90.8 Å². The Balaban J connectivity index is 1.90. The molecule has 0 spiro atoms. The maximum atomic E-state index is 13.2. The summed E-state index contributed by atoms with van der Waals surface area (Å²) in [5, 5.41) is 28.3. The second-order valence-corrected chi connectivity index (χ2v) is 12.6. The number of hydrogen-bond donors (Lipinski definition) is 3. The van der Waals surface area contributed by atoms with Crippen LogP contribution in [0.5, 0.6) is 0 Å². The number of rotatable bonds is 2. The molecule has 0 saturated carbocycles. The Morgan fingerprint density at radius 3 is 2.57 bits per heavy atom. The van der Waals surface area contributed by atoms with E-state index in [-0.39, 0.29) is 24.0 Å². The van der Waals surface area contributed by atoms with Gasteiger partial charge in [-0.2, -0.15) is 0 Å². The summed E-state index contributed by atoms with van der Waals surface area (Å²) in [7, 11) is 0. The predicted molar refractivity (Wildman–Crippen MR) is 138 cm³/mol. The predicted octanol–water partition coefficient (Wildman–Crippen LogP) is 4.40. The van der Waals surface area contributed by atoms with Gasteiger partial charge in [0.2, 0.25) is 11.7 Å². The van der Waals surface area contributed by atoms with Crippen LogP contribution >= 0.6 is 11.3 Å². The number of amides is 1. The van der Waals surface area contributed by atoms with Gasteiger partial charge in [-0.1, -0.05) is 40.5 Å². The maximum absolute atomic E-state index is 13.2. The number of Topliss-reactive ketones (excluding diaryl/α,β-unsaturated/α-hetero) is 1. The summed E-state index contributed by atoms with van der Waals surface area (Å²) in [6.07, 6.45) is 4.10. The standard InChI is InChI=1S/C27H42N2O5S/c1-16-9-8-11-26(7)27(33,34-26)24(32)22(17(2)14-20-15-35-19(4)28-20)29-21(30)10-12-25(5,6)23(31)18(3)13-16/h14-16,18,22,24,32-33H,8-13H2,1-7H3,(H,29,30). The van der Waals surface area contributed by atoms with Crippen LogP contribution < -0.4 is 5.32 Å². The lowest BCUT2D eigenvalue weighted by Crippen LogP contribution is -2.53. The average molecular weight is 507 g/mol. The molecule has 2 aliphatic heterocycles. The van der Waals surface area contributed by atoms with Crippen LogP contribution in [0.4, 0.5) is 0 Å². The summed E-state index contributed by atoms with van der Waals surface area (Å²) >= 11 is 1.52. The van der Waals surface area contributed by atoms with Crippen molar-refractivity contribution >= 4 is 29.1 Å². The maximum Gasteiger partial charge on any atom is 0.225 e. The fraction of sp³-hybridized carbons (Fsp3) is 0.741. The van der Waals surface area contributed by atoms with Gasteiger partial charge in [0, 0.05) is 23.1 Å². The van der Waals surface area contributed by atoms with E-state index < -0.39 is 28.9 Å². The molecule has 0 aromatic carbocycles. The van der Waals surface area contributed by atoms with Crippen molar-refractivity contribution in [2.45, 2.75) is 111 Å². The van der Waals surface area contributed by atoms with Crippen molar-refractivity contribution < 1.29 is 24.5 Å². The second kappa shape index (κ2) is 10.4. The van der Waals surface area contributed by atoms with Gasteiger partial charge in [0.1, 0.15) is 17.5 Å². The first kappa shape index (κ1) is 28.0. The Morgan fingerprint density at radius 1 is 1.26 bits per heavy atom. The first-order chi connectivity index (χ1) is 16.2. The summed E-state index contributed by atoms with van der Waals surface area (Å²) in [5.74, 6) is -1.58. The molecule has 3 rings (SSSR count). The largest absolute Gasteiger partial charge is 0.385 e. The lowest BCUT2D eigenvalue weighted by Gasteiger charge is -2.31. The molecule has 35 heavy (non-hydrogen) atoms. The second-order valence-electron chi connectivity index (χ2n) is 11.6. The summed E-state index contributed by atoms with van der Waals surface area (Å²) in [6, 6.07) is -0.860. The molecule has 6 atom stereocenters. The minimum absolute atomic E-state index is 0.0815. The van der Waals surface area contributed by atoms with Crippen LogP contribution in [0, 0.1) is 24.2 Å². The quantitative estimate of drug-likeness (QED) is 0.513. The highest BCUT2D eigenvalue weighted by atomic mass is 32.1. The van der Waals surface area contributed by atoms with Gasteiger partial charge in [0.15, 0.2) is 0 Å². The number of fused-ring (bicyclic) bond motifs is 1. The highest BCUT2D eigenvalue weighted by Gasteiger charge is 2.71. The van der Waals surface area contributed by atoms with Crippen LogP contribution in [0.25, 0.3) is 6.08 Å². The third kappa shape index (κ3) is 6.21. The third-order valence-corrected chi connectivity index (χ3v) is 8.62. The van der Waals surface area contributed by atoms with Gasteiger partial charge in [-0.05, 0) is 57.6 Å². The van der Waals surface area contributed by atoms with Gasteiger partial charge in [0.25, 0.3) is 0 Å². The van der Waals surface area contributed by atoms with Crippen molar-refractivity contribution in [3.05, 3.63) is 21.7 Å². The normalized spacial score (nSPS) is 37.5. The van der Waals surface area contributed by atoms with Gasteiger partial charge in [-0.3, -0.25) is 9.59 Å². The average Bonchev–Trinajstić information content (AvgIpc) is 3.09. The first-order valence-electron chi connectivity index (χ1n) is 12.7. The van der Waals surface area contributed by atoms with Crippen molar-refractivity contribution in [2.24, 2.45) is 17.3 Å². The number of nitrogens with zero attached hydrogens (tertiary/aromatic N) is 1. The monoisotopic (exact) mass is 506 g/mol. The smallest absolute Gasteiger partial charge is 0.225 e. The number of epoxide rings is 1. The number of hydrogen-bond acceptors (Lipinski definition) is 7. The molecule has 196 valence electrons. The highest BCUT2D eigenvalue weighted by Crippen LogP contribution is 2.52. The van der Waals surface area contributed by atoms with Crippen molar-refractivity contribution in [1.82, 2.24) is 10.3 Å². The molecule has 1 amide bonds. The molecule has 0 bridgehead atoms. The van der Waals surface area contributed by atoms with Crippen molar-refractivity contribution in [3.8, 4) is 0 Å². The number of aliphatic hydroxyl groups is 2. The lowest BCUT2D eigenvalue weighted by atomic mass is 9.75. The first-order valence-corrected chi connectivity index (χ1v) is 13.6. The number of aliphatic hydroxyl groups excluding tert-OH is 1. The molecule has 0 aliphatic carbocycles. The van der Waals surface area contributed by atoms with E-state index in [2.05, 4.69) is 17.2 Å². The Morgan fingerprint density at radius 2 is 1.94 bits per heavy atom. The van der Waals surface area contributed by atoms with E-state index in [0.29, 0.717) is 24.3 Å². The van der Waals surface area contributed by atoms with Gasteiger partial charge in [-0.25, -0.2) is 4.98 Å². The van der Waals surface area contributed by atoms with E-state index in [0.717, 1.165) is 30.0 Å². The SMILES string of the molecule is CC(=Cc1csc(C)n1)C1NC(=O)CCC(C)(C)C(=O)C(C)CC(C)CCCC2(C)OC2(O)C1O. The molecule has 1 aromatic heterocycles. The Labute approximate surface area is 213 Å². The van der Waals surface area contributed by atoms with Gasteiger partial charge < -0.3 is 20.3 Å². The zero-order valence-corrected chi connectivity index (χ0v) is 23.0. The molecule has 2 aliphatic rings. The van der Waals surface area contributed by atoms with Crippen LogP contribution in [0.3, 0.4) is 0 Å². The summed E-state index contributed by atoms with van der Waals surface area (Å²) in [4.78, 5) is 30.6. The molecular formula is C27H42N2O5S. The number of thiazole rings is 1. The summed E-state index contributed by atoms with van der Waals surface area (Å²) in [6.45, 7) is 13.5. The lowest BCUT2D eigenvalue weighted by molar-refractivity contribution is -0.132. The van der Waals surface area contributed by atoms with Crippen LogP contribution in [-0.2, 0) is 14.3 Å². The summed E-state index contributed by atoms with van der Waals surface area (Å²) < 4.78 is 5.77. The van der Waals surface area contributed by atoms with E-state index >= 15 is 0 Å². The number of carbonyl (C=O) groups excluding carboxylic acids is 2. The van der Waals surface area contributed by atoms with Crippen LogP contribution in [0.15, 0.2) is 11.0 Å². The van der Waals surface area contributed by atoms with E-state index in [4.69, 9.17) is 4.74 Å². The fourth-order valence-corrected chi connectivity index (χ4v) is 6.01. The topological polar surface area (TPSA) is 112 Å². The summed E-state index contributed by atoms with van der Waals surface area (Å²) in [5.41, 5.74) is -0.116. The molecule has 0 radical (unpaired) electrons. The van der Waals surface area contributed by atoms with E-state index in [1.165, 1.54) is 11.3 Å². The Hall–Kier alpha value is -1.61. The molecular weight excluding hydrogens is 464 g/mol. The number of aryl methyl sites for hydroxylation is 1. The molecule has 2 saturated heterocycles. The Bertz CT molecular complexity index is 973. The number of aromatic nitrogens is 1. The minimum Gasteiger partial charge on any atom is -0.385 e. The Kier molecular flexibility index (Phi) is 8.31. The van der Waals surface area contributed by atoms with Crippen molar-refractivity contribution in [2.75, 3.05) is 0 Å². The zero-order valence-electron chi connectivity index (χ0n) is 22.2. The van der Waals surface area contributed by atoms with Gasteiger partial charge >= 0.3 is 0 Å². The fourth-order valence-electron chi connectivity index (χ4n) is 5.44. The molecule has 3 heterocycles. The molecule has 2 fully saturated rings. The van der Waals surface area contributed by atoms with Gasteiger partial charge in [-0.15, -0.1) is 11.3 Å². The minimum atomic E-state index is -1.75. The number of ether oxygens (including phenoxy) is 1. The zero-order chi connectivity index (χ0) is 26.2. The number of nitrogens with one attached hydrogen (secondary N) is 1. The molecule has 3 N–H and O–H groups in total. The number of carbonyl (C=O) groups is 2. The molecule has 7 nitrogen and oxygen atoms in total. The molecule has 1 aromatic rings. The third-order valence-electron chi connectivity index (χ3n) is 7.83. The van der Waals surface area contributed by atoms with E-state index in [9.17, 15) is 19.8 Å².